The smallest absolute Gasteiger partial charge is 0.165 e. The number of halogens is 1. The molecule has 1 aromatic carbocycles. The summed E-state index contributed by atoms with van der Waals surface area (Å²) in [4.78, 5) is 0. The van der Waals surface area contributed by atoms with Gasteiger partial charge in [0.15, 0.2) is 11.6 Å². The molecule has 3 heteroatoms. The Balaban J connectivity index is 2.03. The third kappa shape index (κ3) is 3.72. The third-order valence-corrected chi connectivity index (χ3v) is 4.50. The standard InChI is InChI=1S/C17H26FNO/c1-12-7-5-4-6-8-16(12)19-13(2)14-9-10-17(20-3)15(18)11-14/h9-13,16,19H,4-8H2,1-3H3. The summed E-state index contributed by atoms with van der Waals surface area (Å²) in [5, 5.41) is 3.68. The van der Waals surface area contributed by atoms with E-state index in [1.807, 2.05) is 6.07 Å². The van der Waals surface area contributed by atoms with Gasteiger partial charge in [0.25, 0.3) is 0 Å². The van der Waals surface area contributed by atoms with Crippen LogP contribution in [0.1, 0.15) is 57.6 Å². The number of methoxy groups -OCH3 is 1. The molecule has 3 atom stereocenters. The van der Waals surface area contributed by atoms with E-state index in [0.29, 0.717) is 17.7 Å². The molecular weight excluding hydrogens is 253 g/mol. The van der Waals surface area contributed by atoms with Crippen molar-refractivity contribution in [1.82, 2.24) is 5.32 Å². The van der Waals surface area contributed by atoms with E-state index in [0.717, 1.165) is 5.56 Å². The Hall–Kier alpha value is -1.09. The molecule has 0 radical (unpaired) electrons. The Morgan fingerprint density at radius 3 is 2.70 bits per heavy atom. The van der Waals surface area contributed by atoms with Gasteiger partial charge in [-0.3, -0.25) is 0 Å². The average Bonchev–Trinajstić information content (AvgIpc) is 2.64. The van der Waals surface area contributed by atoms with Crippen LogP contribution in [0.2, 0.25) is 0 Å². The van der Waals surface area contributed by atoms with Crippen molar-refractivity contribution in [3.63, 3.8) is 0 Å². The number of benzene rings is 1. The van der Waals surface area contributed by atoms with Gasteiger partial charge in [0.05, 0.1) is 7.11 Å². The minimum Gasteiger partial charge on any atom is -0.494 e. The molecule has 0 saturated heterocycles. The fourth-order valence-electron chi connectivity index (χ4n) is 3.11. The number of ether oxygens (including phenoxy) is 1. The number of rotatable bonds is 4. The molecule has 1 aromatic rings. The number of hydrogen-bond donors (Lipinski definition) is 1. The lowest BCUT2D eigenvalue weighted by Gasteiger charge is -2.27. The van der Waals surface area contributed by atoms with Gasteiger partial charge in [0, 0.05) is 12.1 Å². The SMILES string of the molecule is COc1ccc(C(C)NC2CCCCCC2C)cc1F. The maximum Gasteiger partial charge on any atom is 0.165 e. The van der Waals surface area contributed by atoms with Crippen LogP contribution in [0.15, 0.2) is 18.2 Å². The zero-order valence-corrected chi connectivity index (χ0v) is 12.8. The van der Waals surface area contributed by atoms with E-state index in [-0.39, 0.29) is 11.9 Å². The normalized spacial score (nSPS) is 25.0. The molecule has 0 aliphatic heterocycles. The highest BCUT2D eigenvalue weighted by Crippen LogP contribution is 2.27. The maximum atomic E-state index is 13.8. The second-order valence-corrected chi connectivity index (χ2v) is 6.00. The van der Waals surface area contributed by atoms with Crippen molar-refractivity contribution < 1.29 is 9.13 Å². The van der Waals surface area contributed by atoms with Gasteiger partial charge >= 0.3 is 0 Å². The molecule has 0 heterocycles. The first kappa shape index (κ1) is 15.3. The van der Waals surface area contributed by atoms with Gasteiger partial charge in [-0.1, -0.05) is 32.3 Å². The Bertz CT molecular complexity index is 435. The van der Waals surface area contributed by atoms with Crippen LogP contribution < -0.4 is 10.1 Å². The Labute approximate surface area is 121 Å². The fraction of sp³-hybridized carbons (Fsp3) is 0.647. The summed E-state index contributed by atoms with van der Waals surface area (Å²) in [7, 11) is 1.49. The van der Waals surface area contributed by atoms with E-state index in [1.54, 1.807) is 12.1 Å². The van der Waals surface area contributed by atoms with Crippen molar-refractivity contribution in [2.24, 2.45) is 5.92 Å². The topological polar surface area (TPSA) is 21.3 Å². The lowest BCUT2D eigenvalue weighted by molar-refractivity contribution is 0.329. The molecule has 3 unspecified atom stereocenters. The van der Waals surface area contributed by atoms with Crippen molar-refractivity contribution in [2.75, 3.05) is 7.11 Å². The molecular formula is C17H26FNO. The summed E-state index contributed by atoms with van der Waals surface area (Å²) < 4.78 is 18.7. The minimum atomic E-state index is -0.285. The molecule has 0 spiro atoms. The van der Waals surface area contributed by atoms with Gasteiger partial charge < -0.3 is 10.1 Å². The van der Waals surface area contributed by atoms with Crippen LogP contribution in [0.3, 0.4) is 0 Å². The first-order chi connectivity index (χ1) is 9.61. The average molecular weight is 279 g/mol. The number of nitrogens with one attached hydrogen (secondary N) is 1. The van der Waals surface area contributed by atoms with Crippen molar-refractivity contribution >= 4 is 0 Å². The van der Waals surface area contributed by atoms with E-state index in [1.165, 1.54) is 39.2 Å². The Morgan fingerprint density at radius 1 is 1.25 bits per heavy atom. The third-order valence-electron chi connectivity index (χ3n) is 4.50. The second-order valence-electron chi connectivity index (χ2n) is 6.00. The summed E-state index contributed by atoms with van der Waals surface area (Å²) >= 11 is 0. The molecule has 1 fully saturated rings. The van der Waals surface area contributed by atoms with Crippen LogP contribution in [-0.4, -0.2) is 13.2 Å². The molecule has 20 heavy (non-hydrogen) atoms. The van der Waals surface area contributed by atoms with E-state index in [2.05, 4.69) is 19.2 Å². The summed E-state index contributed by atoms with van der Waals surface area (Å²) in [6.07, 6.45) is 6.50. The molecule has 2 rings (SSSR count). The molecule has 0 aromatic heterocycles. The molecule has 112 valence electrons. The molecule has 1 aliphatic carbocycles. The molecule has 2 nitrogen and oxygen atoms in total. The highest BCUT2D eigenvalue weighted by atomic mass is 19.1. The van der Waals surface area contributed by atoms with Crippen LogP contribution in [0, 0.1) is 11.7 Å². The predicted octanol–water partition coefficient (Wildman–Crippen LogP) is 4.45. The van der Waals surface area contributed by atoms with E-state index >= 15 is 0 Å². The van der Waals surface area contributed by atoms with E-state index in [9.17, 15) is 4.39 Å². The monoisotopic (exact) mass is 279 g/mol. The van der Waals surface area contributed by atoms with Crippen LogP contribution in [-0.2, 0) is 0 Å². The van der Waals surface area contributed by atoms with Gasteiger partial charge in [-0.25, -0.2) is 4.39 Å². The fourth-order valence-corrected chi connectivity index (χ4v) is 3.11. The summed E-state index contributed by atoms with van der Waals surface area (Å²) in [6, 6.07) is 5.94. The highest BCUT2D eigenvalue weighted by Gasteiger charge is 2.22. The Kier molecular flexibility index (Phi) is 5.41. The lowest BCUT2D eigenvalue weighted by atomic mass is 9.95. The van der Waals surface area contributed by atoms with Crippen LogP contribution in [0.5, 0.6) is 5.75 Å². The maximum absolute atomic E-state index is 13.8. The zero-order valence-electron chi connectivity index (χ0n) is 12.8. The summed E-state index contributed by atoms with van der Waals surface area (Å²) in [5.41, 5.74) is 0.986. The van der Waals surface area contributed by atoms with Crippen LogP contribution >= 0.6 is 0 Å². The van der Waals surface area contributed by atoms with E-state index in [4.69, 9.17) is 4.74 Å². The molecule has 1 saturated carbocycles. The minimum absolute atomic E-state index is 0.168. The summed E-state index contributed by atoms with van der Waals surface area (Å²) in [6.45, 7) is 4.43. The van der Waals surface area contributed by atoms with Gasteiger partial charge in [0.1, 0.15) is 0 Å². The summed E-state index contributed by atoms with van der Waals surface area (Å²) in [5.74, 6) is 0.722. The van der Waals surface area contributed by atoms with Crippen molar-refractivity contribution in [3.05, 3.63) is 29.6 Å². The van der Waals surface area contributed by atoms with Gasteiger partial charge in [-0.2, -0.15) is 0 Å². The Morgan fingerprint density at radius 2 is 2.00 bits per heavy atom. The lowest BCUT2D eigenvalue weighted by Crippen LogP contribution is -2.36. The molecule has 0 amide bonds. The van der Waals surface area contributed by atoms with Gasteiger partial charge in [-0.05, 0) is 43.4 Å². The second kappa shape index (κ2) is 7.07. The van der Waals surface area contributed by atoms with Gasteiger partial charge in [0.2, 0.25) is 0 Å². The molecule has 1 aliphatic rings. The first-order valence-electron chi connectivity index (χ1n) is 7.71. The van der Waals surface area contributed by atoms with Gasteiger partial charge in [-0.15, -0.1) is 0 Å². The van der Waals surface area contributed by atoms with E-state index < -0.39 is 0 Å². The van der Waals surface area contributed by atoms with Crippen molar-refractivity contribution in [1.29, 1.82) is 0 Å². The quantitative estimate of drug-likeness (QED) is 0.822. The van der Waals surface area contributed by atoms with Crippen LogP contribution in [0.25, 0.3) is 0 Å². The molecule has 1 N–H and O–H groups in total. The molecule has 0 bridgehead atoms. The number of hydrogen-bond acceptors (Lipinski definition) is 2. The van der Waals surface area contributed by atoms with Crippen molar-refractivity contribution in [3.8, 4) is 5.75 Å². The predicted molar refractivity (Wildman–Crippen MR) is 80.5 cm³/mol. The van der Waals surface area contributed by atoms with Crippen LogP contribution in [0.4, 0.5) is 4.39 Å². The first-order valence-corrected chi connectivity index (χ1v) is 7.71. The zero-order chi connectivity index (χ0) is 14.5. The van der Waals surface area contributed by atoms with Crippen molar-refractivity contribution in [2.45, 2.75) is 58.0 Å². The highest BCUT2D eigenvalue weighted by molar-refractivity contribution is 5.30. The largest absolute Gasteiger partial charge is 0.494 e.